The van der Waals surface area contributed by atoms with Crippen LogP contribution >= 0.6 is 15.9 Å². The minimum atomic E-state index is 0.272. The van der Waals surface area contributed by atoms with Crippen molar-refractivity contribution in [1.82, 2.24) is 4.98 Å². The van der Waals surface area contributed by atoms with Gasteiger partial charge < -0.3 is 4.74 Å². The summed E-state index contributed by atoms with van der Waals surface area (Å²) in [7, 11) is 0. The van der Waals surface area contributed by atoms with Crippen LogP contribution in [0.1, 0.15) is 30.9 Å². The molecule has 0 fully saturated rings. The van der Waals surface area contributed by atoms with E-state index < -0.39 is 0 Å². The first kappa shape index (κ1) is 13.6. The van der Waals surface area contributed by atoms with Gasteiger partial charge in [0.1, 0.15) is 10.4 Å². The van der Waals surface area contributed by atoms with Gasteiger partial charge in [0.05, 0.1) is 11.6 Å². The summed E-state index contributed by atoms with van der Waals surface area (Å²) in [6.45, 7) is 4.11. The number of ether oxygens (including phenoxy) is 1. The highest BCUT2D eigenvalue weighted by Gasteiger charge is 2.09. The molecule has 0 atom stereocenters. The molecule has 3 nitrogen and oxygen atoms in total. The summed E-state index contributed by atoms with van der Waals surface area (Å²) in [5, 5.41) is 9.07. The number of hydrogen-bond donors (Lipinski definition) is 0. The SMILES string of the molecule is CC(C)c1cc(Oc2cccc(Br)n2)ccc1C#N. The van der Waals surface area contributed by atoms with Gasteiger partial charge in [-0.1, -0.05) is 19.9 Å². The standard InChI is InChI=1S/C15H13BrN2O/c1-10(2)13-8-12(7-6-11(13)9-17)19-15-5-3-4-14(16)18-15/h3-8,10H,1-2H3. The van der Waals surface area contributed by atoms with Crippen molar-refractivity contribution >= 4 is 15.9 Å². The van der Waals surface area contributed by atoms with Crippen LogP contribution in [0.15, 0.2) is 41.0 Å². The predicted molar refractivity (Wildman–Crippen MR) is 77.3 cm³/mol. The van der Waals surface area contributed by atoms with Crippen LogP contribution in [0.4, 0.5) is 0 Å². The van der Waals surface area contributed by atoms with Gasteiger partial charge in [0.2, 0.25) is 5.88 Å². The smallest absolute Gasteiger partial charge is 0.220 e. The highest BCUT2D eigenvalue weighted by Crippen LogP contribution is 2.27. The normalized spacial score (nSPS) is 10.3. The second-order valence-electron chi connectivity index (χ2n) is 4.42. The average Bonchev–Trinajstić information content (AvgIpc) is 2.38. The molecule has 19 heavy (non-hydrogen) atoms. The lowest BCUT2D eigenvalue weighted by molar-refractivity contribution is 0.461. The number of benzene rings is 1. The Labute approximate surface area is 121 Å². The summed E-state index contributed by atoms with van der Waals surface area (Å²) < 4.78 is 6.42. The van der Waals surface area contributed by atoms with E-state index in [-0.39, 0.29) is 5.92 Å². The quantitative estimate of drug-likeness (QED) is 0.775. The van der Waals surface area contributed by atoms with Crippen molar-refractivity contribution in [3.63, 3.8) is 0 Å². The maximum Gasteiger partial charge on any atom is 0.220 e. The number of hydrogen-bond acceptors (Lipinski definition) is 3. The molecular formula is C15H13BrN2O. The van der Waals surface area contributed by atoms with Crippen molar-refractivity contribution in [3.8, 4) is 17.7 Å². The van der Waals surface area contributed by atoms with Gasteiger partial charge in [0, 0.05) is 6.07 Å². The monoisotopic (exact) mass is 316 g/mol. The molecule has 0 aliphatic rings. The Balaban J connectivity index is 2.32. The third-order valence-electron chi connectivity index (χ3n) is 2.68. The molecule has 0 radical (unpaired) electrons. The predicted octanol–water partition coefficient (Wildman–Crippen LogP) is 4.63. The van der Waals surface area contributed by atoms with Gasteiger partial charge in [-0.3, -0.25) is 0 Å². The van der Waals surface area contributed by atoms with E-state index in [0.717, 1.165) is 10.2 Å². The van der Waals surface area contributed by atoms with E-state index in [1.54, 1.807) is 18.2 Å². The summed E-state index contributed by atoms with van der Waals surface area (Å²) >= 11 is 3.30. The van der Waals surface area contributed by atoms with E-state index in [0.29, 0.717) is 17.2 Å². The minimum absolute atomic E-state index is 0.272. The Morgan fingerprint density at radius 3 is 2.68 bits per heavy atom. The van der Waals surface area contributed by atoms with Crippen molar-refractivity contribution in [2.45, 2.75) is 19.8 Å². The maximum absolute atomic E-state index is 9.07. The summed E-state index contributed by atoms with van der Waals surface area (Å²) in [6, 6.07) is 13.1. The van der Waals surface area contributed by atoms with Crippen LogP contribution in [-0.4, -0.2) is 4.98 Å². The molecule has 1 heterocycles. The zero-order valence-corrected chi connectivity index (χ0v) is 12.3. The molecule has 0 aliphatic heterocycles. The summed E-state index contributed by atoms with van der Waals surface area (Å²) in [4.78, 5) is 4.22. The molecule has 2 rings (SSSR count). The van der Waals surface area contributed by atoms with E-state index in [1.807, 2.05) is 18.2 Å². The lowest BCUT2D eigenvalue weighted by Gasteiger charge is -2.11. The number of nitrogens with zero attached hydrogens (tertiary/aromatic N) is 2. The molecule has 0 saturated heterocycles. The zero-order valence-electron chi connectivity index (χ0n) is 10.7. The van der Waals surface area contributed by atoms with Crippen LogP contribution in [-0.2, 0) is 0 Å². The van der Waals surface area contributed by atoms with Gasteiger partial charge in [0.15, 0.2) is 0 Å². The molecule has 96 valence electrons. The lowest BCUT2D eigenvalue weighted by atomic mass is 9.98. The van der Waals surface area contributed by atoms with Gasteiger partial charge >= 0.3 is 0 Å². The molecule has 0 saturated carbocycles. The van der Waals surface area contributed by atoms with Crippen LogP contribution in [0.2, 0.25) is 0 Å². The van der Waals surface area contributed by atoms with Gasteiger partial charge in [-0.05, 0) is 51.7 Å². The minimum Gasteiger partial charge on any atom is -0.439 e. The van der Waals surface area contributed by atoms with E-state index in [4.69, 9.17) is 10.00 Å². The Bertz CT molecular complexity index is 632. The van der Waals surface area contributed by atoms with Crippen LogP contribution in [0.5, 0.6) is 11.6 Å². The van der Waals surface area contributed by atoms with Crippen molar-refractivity contribution in [2.24, 2.45) is 0 Å². The Morgan fingerprint density at radius 1 is 1.26 bits per heavy atom. The Kier molecular flexibility index (Phi) is 4.18. The molecule has 0 N–H and O–H groups in total. The zero-order chi connectivity index (χ0) is 13.8. The molecule has 2 aromatic rings. The Hall–Kier alpha value is -1.86. The second-order valence-corrected chi connectivity index (χ2v) is 5.23. The molecule has 0 amide bonds. The molecule has 0 spiro atoms. The van der Waals surface area contributed by atoms with Crippen LogP contribution in [0, 0.1) is 11.3 Å². The summed E-state index contributed by atoms with van der Waals surface area (Å²) in [6.07, 6.45) is 0. The number of halogens is 1. The fraction of sp³-hybridized carbons (Fsp3) is 0.200. The highest BCUT2D eigenvalue weighted by atomic mass is 79.9. The van der Waals surface area contributed by atoms with Gasteiger partial charge in [0.25, 0.3) is 0 Å². The fourth-order valence-electron chi connectivity index (χ4n) is 1.75. The highest BCUT2D eigenvalue weighted by molar-refractivity contribution is 9.10. The number of rotatable bonds is 3. The van der Waals surface area contributed by atoms with Crippen LogP contribution < -0.4 is 4.74 Å². The van der Waals surface area contributed by atoms with Crippen LogP contribution in [0.3, 0.4) is 0 Å². The number of pyridine rings is 1. The maximum atomic E-state index is 9.07. The molecule has 0 aliphatic carbocycles. The first-order valence-electron chi connectivity index (χ1n) is 5.94. The first-order chi connectivity index (χ1) is 9.10. The van der Waals surface area contributed by atoms with Crippen molar-refractivity contribution in [2.75, 3.05) is 0 Å². The molecular weight excluding hydrogens is 304 g/mol. The van der Waals surface area contributed by atoms with E-state index in [1.165, 1.54) is 0 Å². The van der Waals surface area contributed by atoms with Crippen LogP contribution in [0.25, 0.3) is 0 Å². The second kappa shape index (κ2) is 5.85. The fourth-order valence-corrected chi connectivity index (χ4v) is 2.08. The van der Waals surface area contributed by atoms with E-state index in [2.05, 4.69) is 40.8 Å². The van der Waals surface area contributed by atoms with Crippen molar-refractivity contribution in [1.29, 1.82) is 5.26 Å². The number of nitriles is 1. The number of aromatic nitrogens is 1. The van der Waals surface area contributed by atoms with E-state index >= 15 is 0 Å². The largest absolute Gasteiger partial charge is 0.439 e. The average molecular weight is 317 g/mol. The Morgan fingerprint density at radius 2 is 2.05 bits per heavy atom. The molecule has 4 heteroatoms. The topological polar surface area (TPSA) is 45.9 Å². The van der Waals surface area contributed by atoms with Gasteiger partial charge in [-0.15, -0.1) is 0 Å². The van der Waals surface area contributed by atoms with Gasteiger partial charge in [-0.25, -0.2) is 4.98 Å². The van der Waals surface area contributed by atoms with Crippen molar-refractivity contribution < 1.29 is 4.74 Å². The summed E-state index contributed by atoms with van der Waals surface area (Å²) in [5.74, 6) is 1.48. The van der Waals surface area contributed by atoms with Gasteiger partial charge in [-0.2, -0.15) is 5.26 Å². The molecule has 1 aromatic carbocycles. The lowest BCUT2D eigenvalue weighted by Crippen LogP contribution is -1.95. The van der Waals surface area contributed by atoms with E-state index in [9.17, 15) is 0 Å². The molecule has 1 aromatic heterocycles. The summed E-state index contributed by atoms with van der Waals surface area (Å²) in [5.41, 5.74) is 1.67. The molecule has 0 bridgehead atoms. The first-order valence-corrected chi connectivity index (χ1v) is 6.74. The molecule has 0 unspecified atom stereocenters. The third-order valence-corrected chi connectivity index (χ3v) is 3.12. The van der Waals surface area contributed by atoms with Crippen molar-refractivity contribution in [3.05, 3.63) is 52.1 Å². The third kappa shape index (κ3) is 3.33.